The molecular weight excluding hydrogens is 358 g/mol. The summed E-state index contributed by atoms with van der Waals surface area (Å²) in [5.41, 5.74) is 5.79. The minimum absolute atomic E-state index is 0.0672. The molecule has 0 aromatic carbocycles. The molecule has 1 saturated heterocycles. The van der Waals surface area contributed by atoms with E-state index in [2.05, 4.69) is 26.8 Å². The molecule has 0 atom stereocenters. The Labute approximate surface area is 156 Å². The standard InChI is InChI=1S/C17H22ClN5OS/c1-2-17(11-24)4-7-23(8-5-17)13-9-22-14(10-21-13)25-12-3-6-20-16(19)15(12)18/h3,6,9-10,24H,2,4-5,7-8,11H2,1H3,(H2,19,20). The van der Waals surface area contributed by atoms with Gasteiger partial charge in [-0.05, 0) is 30.7 Å². The lowest BCUT2D eigenvalue weighted by molar-refractivity contribution is 0.0920. The van der Waals surface area contributed by atoms with Gasteiger partial charge in [0.1, 0.15) is 16.7 Å². The number of pyridine rings is 1. The summed E-state index contributed by atoms with van der Waals surface area (Å²) in [4.78, 5) is 16.0. The number of hydrogen-bond donors (Lipinski definition) is 2. The molecule has 134 valence electrons. The van der Waals surface area contributed by atoms with E-state index in [0.717, 1.165) is 48.1 Å². The van der Waals surface area contributed by atoms with Crippen molar-refractivity contribution < 1.29 is 5.11 Å². The number of halogens is 1. The first-order chi connectivity index (χ1) is 12.1. The molecule has 0 spiro atoms. The Morgan fingerprint density at radius 2 is 2.04 bits per heavy atom. The fourth-order valence-corrected chi connectivity index (χ4v) is 3.98. The van der Waals surface area contributed by atoms with Crippen LogP contribution in [0.2, 0.25) is 5.02 Å². The molecule has 3 heterocycles. The van der Waals surface area contributed by atoms with Crippen LogP contribution < -0.4 is 10.6 Å². The Kier molecular flexibility index (Phi) is 5.66. The third-order valence-electron chi connectivity index (χ3n) is 4.94. The van der Waals surface area contributed by atoms with E-state index < -0.39 is 0 Å². The molecule has 0 bridgehead atoms. The van der Waals surface area contributed by atoms with Gasteiger partial charge in [0.2, 0.25) is 0 Å². The number of aliphatic hydroxyl groups is 1. The second-order valence-corrected chi connectivity index (χ2v) is 7.76. The van der Waals surface area contributed by atoms with Gasteiger partial charge >= 0.3 is 0 Å². The number of aliphatic hydroxyl groups excluding tert-OH is 1. The molecule has 0 radical (unpaired) electrons. The highest BCUT2D eigenvalue weighted by Crippen LogP contribution is 2.36. The van der Waals surface area contributed by atoms with Crippen LogP contribution in [0, 0.1) is 5.41 Å². The van der Waals surface area contributed by atoms with Crippen molar-refractivity contribution >= 4 is 35.0 Å². The molecular formula is C17H22ClN5OS. The van der Waals surface area contributed by atoms with Gasteiger partial charge in [0.15, 0.2) is 0 Å². The quantitative estimate of drug-likeness (QED) is 0.824. The molecule has 0 amide bonds. The number of anilines is 2. The van der Waals surface area contributed by atoms with Gasteiger partial charge in [-0.15, -0.1) is 0 Å². The van der Waals surface area contributed by atoms with Gasteiger partial charge in [0.25, 0.3) is 0 Å². The van der Waals surface area contributed by atoms with Gasteiger partial charge in [0.05, 0.1) is 17.4 Å². The Morgan fingerprint density at radius 3 is 2.64 bits per heavy atom. The third-order valence-corrected chi connectivity index (χ3v) is 6.43. The number of nitrogens with two attached hydrogens (primary N) is 1. The van der Waals surface area contributed by atoms with E-state index in [1.54, 1.807) is 18.6 Å². The maximum atomic E-state index is 9.64. The van der Waals surface area contributed by atoms with E-state index in [1.807, 2.05) is 6.07 Å². The number of piperidine rings is 1. The average Bonchev–Trinajstić information content (AvgIpc) is 2.66. The summed E-state index contributed by atoms with van der Waals surface area (Å²) >= 11 is 7.58. The van der Waals surface area contributed by atoms with Crippen LogP contribution >= 0.6 is 23.4 Å². The van der Waals surface area contributed by atoms with Gasteiger partial charge in [-0.25, -0.2) is 15.0 Å². The van der Waals surface area contributed by atoms with E-state index in [9.17, 15) is 5.11 Å². The summed E-state index contributed by atoms with van der Waals surface area (Å²) in [6.45, 7) is 4.19. The zero-order valence-electron chi connectivity index (χ0n) is 14.2. The van der Waals surface area contributed by atoms with Crippen molar-refractivity contribution in [3.8, 4) is 0 Å². The third kappa shape index (κ3) is 3.99. The van der Waals surface area contributed by atoms with Crippen LogP contribution in [0.1, 0.15) is 26.2 Å². The maximum Gasteiger partial charge on any atom is 0.147 e. The SMILES string of the molecule is CCC1(CO)CCN(c2cnc(Sc3ccnc(N)c3Cl)cn2)CC1. The molecule has 0 aliphatic carbocycles. The van der Waals surface area contributed by atoms with Crippen LogP contribution in [0.25, 0.3) is 0 Å². The Morgan fingerprint density at radius 1 is 1.28 bits per heavy atom. The van der Waals surface area contributed by atoms with E-state index in [1.165, 1.54) is 11.8 Å². The zero-order chi connectivity index (χ0) is 17.9. The Balaban J connectivity index is 1.66. The predicted octanol–water partition coefficient (Wildman–Crippen LogP) is 3.25. The number of nitrogen functional groups attached to an aromatic ring is 1. The molecule has 0 saturated carbocycles. The second-order valence-electron chi connectivity index (χ2n) is 6.32. The molecule has 3 rings (SSSR count). The van der Waals surface area contributed by atoms with Crippen LogP contribution in [0.4, 0.5) is 11.6 Å². The molecule has 1 aliphatic heterocycles. The lowest BCUT2D eigenvalue weighted by atomic mass is 9.77. The topological polar surface area (TPSA) is 88.2 Å². The Hall–Kier alpha value is -1.57. The normalized spacial score (nSPS) is 16.8. The van der Waals surface area contributed by atoms with Gasteiger partial charge in [-0.1, -0.05) is 30.3 Å². The predicted molar refractivity (Wildman–Crippen MR) is 101 cm³/mol. The molecule has 3 N–H and O–H groups in total. The van der Waals surface area contributed by atoms with Crippen molar-refractivity contribution in [2.24, 2.45) is 5.41 Å². The minimum atomic E-state index is 0.0672. The molecule has 25 heavy (non-hydrogen) atoms. The summed E-state index contributed by atoms with van der Waals surface area (Å²) in [5.74, 6) is 1.18. The molecule has 6 nitrogen and oxygen atoms in total. The van der Waals surface area contributed by atoms with Crippen LogP contribution in [-0.2, 0) is 0 Å². The number of rotatable bonds is 5. The van der Waals surface area contributed by atoms with E-state index in [4.69, 9.17) is 17.3 Å². The van der Waals surface area contributed by atoms with Crippen LogP contribution in [0.15, 0.2) is 34.6 Å². The fraction of sp³-hybridized carbons (Fsp3) is 0.471. The first kappa shape index (κ1) is 18.2. The van der Waals surface area contributed by atoms with Gasteiger partial charge in [-0.2, -0.15) is 0 Å². The number of nitrogens with zero attached hydrogens (tertiary/aromatic N) is 4. The Bertz CT molecular complexity index is 713. The van der Waals surface area contributed by atoms with Crippen molar-refractivity contribution in [3.63, 3.8) is 0 Å². The lowest BCUT2D eigenvalue weighted by Crippen LogP contribution is -2.42. The van der Waals surface area contributed by atoms with Crippen molar-refractivity contribution in [1.29, 1.82) is 0 Å². The largest absolute Gasteiger partial charge is 0.396 e. The summed E-state index contributed by atoms with van der Waals surface area (Å²) in [6.07, 6.45) is 8.13. The highest BCUT2D eigenvalue weighted by Gasteiger charge is 2.32. The molecule has 2 aromatic heterocycles. The second kappa shape index (κ2) is 7.76. The highest BCUT2D eigenvalue weighted by atomic mass is 35.5. The molecule has 1 aliphatic rings. The van der Waals surface area contributed by atoms with Crippen molar-refractivity contribution in [2.75, 3.05) is 30.3 Å². The fourth-order valence-electron chi connectivity index (χ4n) is 2.99. The first-order valence-corrected chi connectivity index (χ1v) is 9.52. The van der Waals surface area contributed by atoms with Crippen LogP contribution in [-0.4, -0.2) is 39.8 Å². The summed E-state index contributed by atoms with van der Waals surface area (Å²) in [6, 6.07) is 1.81. The lowest BCUT2D eigenvalue weighted by Gasteiger charge is -2.40. The monoisotopic (exact) mass is 379 g/mol. The van der Waals surface area contributed by atoms with Crippen molar-refractivity contribution in [3.05, 3.63) is 29.7 Å². The van der Waals surface area contributed by atoms with Crippen molar-refractivity contribution in [2.45, 2.75) is 36.1 Å². The number of hydrogen-bond acceptors (Lipinski definition) is 7. The molecule has 1 fully saturated rings. The average molecular weight is 380 g/mol. The van der Waals surface area contributed by atoms with Gasteiger partial charge in [0, 0.05) is 30.8 Å². The van der Waals surface area contributed by atoms with Gasteiger partial charge < -0.3 is 15.7 Å². The molecule has 0 unspecified atom stereocenters. The summed E-state index contributed by atoms with van der Waals surface area (Å²) in [7, 11) is 0. The maximum absolute atomic E-state index is 9.64. The summed E-state index contributed by atoms with van der Waals surface area (Å²) < 4.78 is 0. The van der Waals surface area contributed by atoms with E-state index in [-0.39, 0.29) is 12.0 Å². The minimum Gasteiger partial charge on any atom is -0.396 e. The van der Waals surface area contributed by atoms with Crippen molar-refractivity contribution in [1.82, 2.24) is 15.0 Å². The van der Waals surface area contributed by atoms with Crippen LogP contribution in [0.5, 0.6) is 0 Å². The number of aromatic nitrogens is 3. The van der Waals surface area contributed by atoms with E-state index >= 15 is 0 Å². The molecule has 2 aromatic rings. The first-order valence-electron chi connectivity index (χ1n) is 8.32. The van der Waals surface area contributed by atoms with Crippen LogP contribution in [0.3, 0.4) is 0 Å². The van der Waals surface area contributed by atoms with E-state index in [0.29, 0.717) is 10.8 Å². The molecule has 8 heteroatoms. The zero-order valence-corrected chi connectivity index (χ0v) is 15.7. The summed E-state index contributed by atoms with van der Waals surface area (Å²) in [5, 5.41) is 10.8. The smallest absolute Gasteiger partial charge is 0.147 e. The van der Waals surface area contributed by atoms with Gasteiger partial charge in [-0.3, -0.25) is 0 Å². The highest BCUT2D eigenvalue weighted by molar-refractivity contribution is 7.99.